The summed E-state index contributed by atoms with van der Waals surface area (Å²) in [6, 6.07) is 4.50. The van der Waals surface area contributed by atoms with E-state index in [4.69, 9.17) is 23.2 Å². The van der Waals surface area contributed by atoms with E-state index in [-0.39, 0.29) is 28.2 Å². The Hall–Kier alpha value is -3.17. The molecule has 0 bridgehead atoms. The monoisotopic (exact) mass is 543 g/mol. The number of anilines is 1. The molecule has 1 N–H and O–H groups in total. The van der Waals surface area contributed by atoms with Crippen molar-refractivity contribution in [1.82, 2.24) is 0 Å². The van der Waals surface area contributed by atoms with Crippen molar-refractivity contribution in [1.29, 1.82) is 0 Å². The fraction of sp³-hybridized carbons (Fsp3) is 0.200. The van der Waals surface area contributed by atoms with Crippen LogP contribution in [0, 0.1) is 29.1 Å². The predicted molar refractivity (Wildman–Crippen MR) is 124 cm³/mol. The van der Waals surface area contributed by atoms with Gasteiger partial charge in [0, 0.05) is 11.5 Å². The van der Waals surface area contributed by atoms with Crippen molar-refractivity contribution < 1.29 is 36.6 Å². The van der Waals surface area contributed by atoms with Crippen LogP contribution < -0.4 is 4.90 Å². The van der Waals surface area contributed by atoms with Crippen LogP contribution >= 0.6 is 23.2 Å². The van der Waals surface area contributed by atoms with Crippen molar-refractivity contribution >= 4 is 40.7 Å². The fourth-order valence-electron chi connectivity index (χ4n) is 4.70. The van der Waals surface area contributed by atoms with Crippen LogP contribution in [0.15, 0.2) is 55.2 Å². The van der Waals surface area contributed by atoms with Gasteiger partial charge >= 0.3 is 0 Å². The molecule has 0 radical (unpaired) electrons. The summed E-state index contributed by atoms with van der Waals surface area (Å²) < 4.78 is 70.9. The van der Waals surface area contributed by atoms with Gasteiger partial charge in [0.05, 0.1) is 0 Å². The zero-order chi connectivity index (χ0) is 26.7. The van der Waals surface area contributed by atoms with Gasteiger partial charge in [-0.2, -0.15) is 0 Å². The lowest BCUT2D eigenvalue weighted by Gasteiger charge is -2.42. The zero-order valence-electron chi connectivity index (χ0n) is 18.2. The summed E-state index contributed by atoms with van der Waals surface area (Å²) in [5, 5.41) is 10.9. The number of aromatic hydroxyl groups is 1. The topological polar surface area (TPSA) is 57.6 Å². The second-order valence-corrected chi connectivity index (χ2v) is 9.51. The third-order valence-electron chi connectivity index (χ3n) is 6.46. The molecule has 36 heavy (non-hydrogen) atoms. The van der Waals surface area contributed by atoms with Crippen molar-refractivity contribution in [3.8, 4) is 5.75 Å². The van der Waals surface area contributed by atoms with Crippen molar-refractivity contribution in [2.45, 2.75) is 28.5 Å². The van der Waals surface area contributed by atoms with Gasteiger partial charge in [-0.25, -0.2) is 26.9 Å². The van der Waals surface area contributed by atoms with Crippen LogP contribution in [-0.4, -0.2) is 26.7 Å². The molecular formula is C25H16Cl2F5NO3. The molecule has 1 saturated heterocycles. The predicted octanol–water partition coefficient (Wildman–Crippen LogP) is 5.94. The van der Waals surface area contributed by atoms with Gasteiger partial charge < -0.3 is 5.11 Å². The van der Waals surface area contributed by atoms with Crippen LogP contribution in [0.1, 0.15) is 23.5 Å². The minimum atomic E-state index is -2.55. The van der Waals surface area contributed by atoms with E-state index in [0.29, 0.717) is 5.56 Å². The molecule has 1 heterocycles. The third kappa shape index (κ3) is 3.18. The summed E-state index contributed by atoms with van der Waals surface area (Å²) in [5.41, 5.74) is -1.14. The molecule has 1 fully saturated rings. The number of phenolic OH excluding ortho intramolecular Hbond substituents is 1. The number of fused-ring (bicyclic) bond motifs is 1. The Morgan fingerprint density at radius 1 is 1.00 bits per heavy atom. The molecular weight excluding hydrogens is 528 g/mol. The number of alkyl halides is 2. The molecule has 11 heteroatoms. The number of hydrogen-bond donors (Lipinski definition) is 1. The molecule has 0 aromatic heterocycles. The number of imide groups is 1. The van der Waals surface area contributed by atoms with Crippen molar-refractivity contribution in [3.05, 3.63) is 95.4 Å². The largest absolute Gasteiger partial charge is 0.507 e. The number of hydrogen-bond acceptors (Lipinski definition) is 3. The number of halogens is 7. The van der Waals surface area contributed by atoms with Crippen LogP contribution in [-0.2, 0) is 16.0 Å². The average molecular weight is 544 g/mol. The lowest BCUT2D eigenvalue weighted by molar-refractivity contribution is -0.122. The number of rotatable bonds is 5. The van der Waals surface area contributed by atoms with Crippen LogP contribution in [0.4, 0.5) is 27.6 Å². The Labute approximate surface area is 211 Å². The molecule has 2 amide bonds. The maximum absolute atomic E-state index is 14.7. The normalized spacial score (nSPS) is 25.6. The van der Waals surface area contributed by atoms with E-state index >= 15 is 0 Å². The molecule has 188 valence electrons. The maximum atomic E-state index is 14.7. The van der Waals surface area contributed by atoms with Gasteiger partial charge in [-0.15, -0.1) is 29.8 Å². The number of nitrogens with zero attached hydrogens (tertiary/aromatic N) is 1. The van der Waals surface area contributed by atoms with E-state index in [0.717, 1.165) is 0 Å². The summed E-state index contributed by atoms with van der Waals surface area (Å²) in [4.78, 5) is 21.9. The highest BCUT2D eigenvalue weighted by Crippen LogP contribution is 2.61. The van der Waals surface area contributed by atoms with Crippen molar-refractivity contribution in [3.63, 3.8) is 0 Å². The fourth-order valence-corrected chi connectivity index (χ4v) is 5.54. The molecule has 3 atom stereocenters. The van der Waals surface area contributed by atoms with Gasteiger partial charge in [-0.3, -0.25) is 9.59 Å². The number of carbonyl (C=O) groups is 2. The quantitative estimate of drug-likeness (QED) is 0.127. The Balaban J connectivity index is 2.01. The molecule has 0 saturated carbocycles. The first kappa shape index (κ1) is 25.9. The summed E-state index contributed by atoms with van der Waals surface area (Å²) in [6.45, 7) is 7.26. The van der Waals surface area contributed by atoms with Crippen LogP contribution in [0.3, 0.4) is 0 Å². The summed E-state index contributed by atoms with van der Waals surface area (Å²) in [6.07, 6.45) is 3.97. The van der Waals surface area contributed by atoms with Gasteiger partial charge in [-0.1, -0.05) is 43.0 Å². The molecule has 2 aliphatic rings. The van der Waals surface area contributed by atoms with Crippen LogP contribution in [0.2, 0.25) is 0 Å². The minimum absolute atomic E-state index is 0.0284. The number of benzene rings is 2. The Morgan fingerprint density at radius 3 is 2.14 bits per heavy atom. The second kappa shape index (κ2) is 8.74. The number of phenols is 1. The SMILES string of the molecule is C=CCc1cccc(C2C(C=C)=CCC3(Cl)C(=O)N(c4c(F)c(F)c(F)c(F)c4F)C(=O)C23Cl)c1O. The standard InChI is InChI=1S/C25H16Cl2F5NO3/c1-3-6-12-7-5-8-13(21(12)34)14-11(4-2)9-10-24(26)22(35)33(23(36)25(14,24)27)20-18(31)16(29)15(28)17(30)19(20)32/h3-5,7-9,14,34H,1-2,6,10H2. The second-order valence-electron chi connectivity index (χ2n) is 8.27. The Kier molecular flexibility index (Phi) is 6.29. The van der Waals surface area contributed by atoms with E-state index < -0.39 is 68.7 Å². The van der Waals surface area contributed by atoms with E-state index in [1.807, 2.05) is 0 Å². The van der Waals surface area contributed by atoms with E-state index in [1.54, 1.807) is 6.07 Å². The van der Waals surface area contributed by atoms with Gasteiger partial charge in [0.15, 0.2) is 33.0 Å². The number of allylic oxidation sites excluding steroid dienone is 4. The summed E-state index contributed by atoms with van der Waals surface area (Å²) in [7, 11) is 0. The van der Waals surface area contributed by atoms with E-state index in [9.17, 15) is 36.6 Å². The van der Waals surface area contributed by atoms with E-state index in [2.05, 4.69) is 13.2 Å². The van der Waals surface area contributed by atoms with Gasteiger partial charge in [0.1, 0.15) is 11.4 Å². The first-order valence-electron chi connectivity index (χ1n) is 10.4. The van der Waals surface area contributed by atoms with E-state index in [1.165, 1.54) is 30.4 Å². The van der Waals surface area contributed by atoms with Crippen LogP contribution in [0.5, 0.6) is 5.75 Å². The first-order valence-corrected chi connectivity index (χ1v) is 11.2. The molecule has 4 rings (SSSR count). The average Bonchev–Trinajstić information content (AvgIpc) is 3.00. The van der Waals surface area contributed by atoms with Crippen molar-refractivity contribution in [2.75, 3.05) is 4.90 Å². The third-order valence-corrected chi connectivity index (χ3v) is 7.87. The maximum Gasteiger partial charge on any atom is 0.258 e. The zero-order valence-corrected chi connectivity index (χ0v) is 19.7. The molecule has 1 aliphatic carbocycles. The lowest BCUT2D eigenvalue weighted by Crippen LogP contribution is -2.54. The molecule has 0 spiro atoms. The summed E-state index contributed by atoms with van der Waals surface area (Å²) >= 11 is 13.4. The van der Waals surface area contributed by atoms with Gasteiger partial charge in [0.2, 0.25) is 5.82 Å². The first-order chi connectivity index (χ1) is 16.9. The number of para-hydroxylation sites is 1. The Morgan fingerprint density at radius 2 is 1.58 bits per heavy atom. The smallest absolute Gasteiger partial charge is 0.258 e. The number of amides is 2. The summed E-state index contributed by atoms with van der Waals surface area (Å²) in [5.74, 6) is -16.7. The molecule has 3 unspecified atom stereocenters. The molecule has 4 nitrogen and oxygen atoms in total. The highest BCUT2D eigenvalue weighted by Gasteiger charge is 2.74. The van der Waals surface area contributed by atoms with Gasteiger partial charge in [0.25, 0.3) is 11.8 Å². The highest BCUT2D eigenvalue weighted by atomic mass is 35.5. The van der Waals surface area contributed by atoms with Gasteiger partial charge in [-0.05, 0) is 24.0 Å². The number of carbonyl (C=O) groups excluding carboxylic acids is 2. The highest BCUT2D eigenvalue weighted by molar-refractivity contribution is 6.58. The molecule has 2 aromatic rings. The lowest BCUT2D eigenvalue weighted by atomic mass is 9.68. The molecule has 2 aromatic carbocycles. The Bertz CT molecular complexity index is 1370. The molecule has 1 aliphatic heterocycles. The minimum Gasteiger partial charge on any atom is -0.507 e. The van der Waals surface area contributed by atoms with Crippen molar-refractivity contribution in [2.24, 2.45) is 0 Å². The van der Waals surface area contributed by atoms with Crippen LogP contribution in [0.25, 0.3) is 0 Å².